The second-order valence-electron chi connectivity index (χ2n) is 8.70. The molecule has 0 aromatic heterocycles. The SMILES string of the molecule is Cc1ccc2c(c1C)N(CCCNCc1cccc(OC(C)C)c1O)c1ccccc1S2=O. The van der Waals surface area contributed by atoms with Gasteiger partial charge in [-0.2, -0.15) is 0 Å². The number of ether oxygens (including phenoxy) is 1. The highest BCUT2D eigenvalue weighted by Gasteiger charge is 2.29. The summed E-state index contributed by atoms with van der Waals surface area (Å²) < 4.78 is 18.9. The van der Waals surface area contributed by atoms with Gasteiger partial charge < -0.3 is 20.1 Å². The molecule has 5 nitrogen and oxygen atoms in total. The number of hydrogen-bond acceptors (Lipinski definition) is 5. The fraction of sp³-hybridized carbons (Fsp3) is 0.333. The number of aromatic hydroxyl groups is 1. The molecular weight excluding hydrogens is 432 g/mol. The van der Waals surface area contributed by atoms with Crippen molar-refractivity contribution < 1.29 is 14.1 Å². The van der Waals surface area contributed by atoms with Crippen LogP contribution in [0, 0.1) is 13.8 Å². The average molecular weight is 465 g/mol. The largest absolute Gasteiger partial charge is 0.504 e. The number of aryl methyl sites for hydroxylation is 1. The van der Waals surface area contributed by atoms with E-state index in [0.29, 0.717) is 12.3 Å². The number of nitrogens with zero attached hydrogens (tertiary/aromatic N) is 1. The summed E-state index contributed by atoms with van der Waals surface area (Å²) in [4.78, 5) is 4.06. The normalized spacial score (nSPS) is 14.8. The Hall–Kier alpha value is -2.83. The smallest absolute Gasteiger partial charge is 0.162 e. The summed E-state index contributed by atoms with van der Waals surface area (Å²) in [6.07, 6.45) is 0.910. The van der Waals surface area contributed by atoms with Gasteiger partial charge in [-0.25, -0.2) is 4.21 Å². The number of phenols is 1. The van der Waals surface area contributed by atoms with Gasteiger partial charge in [-0.1, -0.05) is 30.3 Å². The first-order chi connectivity index (χ1) is 15.9. The molecule has 3 aromatic rings. The Morgan fingerprint density at radius 2 is 1.82 bits per heavy atom. The number of hydrogen-bond donors (Lipinski definition) is 2. The third kappa shape index (κ3) is 4.77. The van der Waals surface area contributed by atoms with Gasteiger partial charge in [-0.05, 0) is 76.1 Å². The highest BCUT2D eigenvalue weighted by Crippen LogP contribution is 2.44. The molecule has 6 heteroatoms. The molecule has 174 valence electrons. The van der Waals surface area contributed by atoms with Crippen molar-refractivity contribution in [1.82, 2.24) is 5.32 Å². The molecule has 0 amide bonds. The first-order valence-electron chi connectivity index (χ1n) is 11.4. The molecule has 1 atom stereocenters. The maximum atomic E-state index is 13.2. The van der Waals surface area contributed by atoms with Crippen LogP contribution in [-0.4, -0.2) is 28.5 Å². The van der Waals surface area contributed by atoms with Crippen LogP contribution in [-0.2, 0) is 17.3 Å². The standard InChI is InChI=1S/C27H32N2O3S/c1-18(2)32-23-11-7-9-21(27(23)30)17-28-15-8-16-29-22-10-5-6-12-24(22)33(31)25-14-13-19(3)20(4)26(25)29/h5-7,9-14,18,28,30H,8,15-17H2,1-4H3. The van der Waals surface area contributed by atoms with Crippen molar-refractivity contribution in [3.05, 3.63) is 71.3 Å². The lowest BCUT2D eigenvalue weighted by molar-refractivity contribution is 0.231. The molecule has 0 spiro atoms. The highest BCUT2D eigenvalue weighted by atomic mass is 32.2. The molecule has 4 rings (SSSR count). The summed E-state index contributed by atoms with van der Waals surface area (Å²) in [6, 6.07) is 17.6. The quantitative estimate of drug-likeness (QED) is 0.425. The lowest BCUT2D eigenvalue weighted by Crippen LogP contribution is -2.28. The summed E-state index contributed by atoms with van der Waals surface area (Å²) in [6.45, 7) is 10.3. The van der Waals surface area contributed by atoms with Crippen LogP contribution in [0.15, 0.2) is 64.4 Å². The summed E-state index contributed by atoms with van der Waals surface area (Å²) in [5.74, 6) is 0.718. The highest BCUT2D eigenvalue weighted by molar-refractivity contribution is 7.85. The molecule has 3 aromatic carbocycles. The zero-order chi connectivity index (χ0) is 23.5. The third-order valence-corrected chi connectivity index (χ3v) is 7.46. The number of phenolic OH excluding ortho intramolecular Hbond substituents is 1. The summed E-state index contributed by atoms with van der Waals surface area (Å²) in [5, 5.41) is 13.9. The van der Waals surface area contributed by atoms with E-state index < -0.39 is 10.8 Å². The molecule has 1 unspecified atom stereocenters. The molecule has 2 N–H and O–H groups in total. The van der Waals surface area contributed by atoms with E-state index in [2.05, 4.69) is 36.2 Å². The van der Waals surface area contributed by atoms with E-state index in [1.54, 1.807) is 6.07 Å². The minimum Gasteiger partial charge on any atom is -0.504 e. The minimum atomic E-state index is -1.17. The average Bonchev–Trinajstić information content (AvgIpc) is 2.80. The zero-order valence-corrected chi connectivity index (χ0v) is 20.5. The lowest BCUT2D eigenvalue weighted by Gasteiger charge is -2.34. The fourth-order valence-electron chi connectivity index (χ4n) is 4.21. The number of para-hydroxylation sites is 2. The van der Waals surface area contributed by atoms with E-state index in [1.165, 1.54) is 11.1 Å². The van der Waals surface area contributed by atoms with Crippen molar-refractivity contribution in [3.8, 4) is 11.5 Å². The van der Waals surface area contributed by atoms with Crippen LogP contribution in [0.4, 0.5) is 11.4 Å². The van der Waals surface area contributed by atoms with Crippen LogP contribution in [0.2, 0.25) is 0 Å². The summed E-state index contributed by atoms with van der Waals surface area (Å²) in [7, 11) is -1.17. The van der Waals surface area contributed by atoms with Gasteiger partial charge >= 0.3 is 0 Å². The Balaban J connectivity index is 1.45. The Labute approximate surface area is 198 Å². The topological polar surface area (TPSA) is 61.8 Å². The van der Waals surface area contributed by atoms with Crippen LogP contribution >= 0.6 is 0 Å². The van der Waals surface area contributed by atoms with Gasteiger partial charge in [0.05, 0.1) is 38.1 Å². The van der Waals surface area contributed by atoms with Crippen molar-refractivity contribution in [2.45, 2.75) is 56.6 Å². The van der Waals surface area contributed by atoms with Gasteiger partial charge in [0.1, 0.15) is 0 Å². The minimum absolute atomic E-state index is 0.0100. The van der Waals surface area contributed by atoms with E-state index in [4.69, 9.17) is 4.74 Å². The lowest BCUT2D eigenvalue weighted by atomic mass is 10.1. The predicted octanol–water partition coefficient (Wildman–Crippen LogP) is 5.59. The third-order valence-electron chi connectivity index (χ3n) is 5.99. The molecule has 0 saturated carbocycles. The molecule has 0 radical (unpaired) electrons. The Morgan fingerprint density at radius 1 is 1.03 bits per heavy atom. The van der Waals surface area contributed by atoms with Crippen LogP contribution < -0.4 is 15.0 Å². The van der Waals surface area contributed by atoms with E-state index in [1.807, 2.05) is 50.2 Å². The van der Waals surface area contributed by atoms with Gasteiger partial charge in [-0.15, -0.1) is 0 Å². The van der Waals surface area contributed by atoms with Crippen molar-refractivity contribution in [2.75, 3.05) is 18.0 Å². The maximum Gasteiger partial charge on any atom is 0.162 e. The molecule has 1 aliphatic heterocycles. The van der Waals surface area contributed by atoms with E-state index in [9.17, 15) is 9.32 Å². The Bertz CT molecular complexity index is 1180. The monoisotopic (exact) mass is 464 g/mol. The van der Waals surface area contributed by atoms with Gasteiger partial charge in [0, 0.05) is 18.7 Å². The van der Waals surface area contributed by atoms with Gasteiger partial charge in [0.25, 0.3) is 0 Å². The predicted molar refractivity (Wildman–Crippen MR) is 134 cm³/mol. The molecule has 0 fully saturated rings. The van der Waals surface area contributed by atoms with E-state index in [0.717, 1.165) is 46.2 Å². The molecule has 1 aliphatic rings. The van der Waals surface area contributed by atoms with Crippen molar-refractivity contribution >= 4 is 22.2 Å². The maximum absolute atomic E-state index is 13.2. The number of nitrogens with one attached hydrogen (secondary N) is 1. The summed E-state index contributed by atoms with van der Waals surface area (Å²) >= 11 is 0. The van der Waals surface area contributed by atoms with Crippen molar-refractivity contribution in [2.24, 2.45) is 0 Å². The Morgan fingerprint density at radius 3 is 2.61 bits per heavy atom. The van der Waals surface area contributed by atoms with Crippen LogP contribution in [0.3, 0.4) is 0 Å². The molecule has 1 heterocycles. The molecular formula is C27H32N2O3S. The fourth-order valence-corrected chi connectivity index (χ4v) is 5.65. The first-order valence-corrected chi connectivity index (χ1v) is 12.6. The molecule has 0 aliphatic carbocycles. The number of benzene rings is 3. The first kappa shape index (κ1) is 23.3. The van der Waals surface area contributed by atoms with Crippen molar-refractivity contribution in [3.63, 3.8) is 0 Å². The van der Waals surface area contributed by atoms with Crippen LogP contribution in [0.1, 0.15) is 37.0 Å². The van der Waals surface area contributed by atoms with Crippen LogP contribution in [0.25, 0.3) is 0 Å². The van der Waals surface area contributed by atoms with Crippen LogP contribution in [0.5, 0.6) is 11.5 Å². The molecule has 0 bridgehead atoms. The van der Waals surface area contributed by atoms with Gasteiger partial charge in [-0.3, -0.25) is 0 Å². The van der Waals surface area contributed by atoms with Gasteiger partial charge in [0.15, 0.2) is 11.5 Å². The molecule has 33 heavy (non-hydrogen) atoms. The van der Waals surface area contributed by atoms with E-state index >= 15 is 0 Å². The second-order valence-corrected chi connectivity index (χ2v) is 10.1. The van der Waals surface area contributed by atoms with Gasteiger partial charge in [0.2, 0.25) is 0 Å². The molecule has 0 saturated heterocycles. The summed E-state index contributed by atoms with van der Waals surface area (Å²) in [5.41, 5.74) is 5.29. The Kier molecular flexibility index (Phi) is 7.05. The number of fused-ring (bicyclic) bond motifs is 2. The second kappa shape index (κ2) is 9.98. The van der Waals surface area contributed by atoms with Crippen molar-refractivity contribution in [1.29, 1.82) is 0 Å². The number of anilines is 2. The number of rotatable bonds is 8. The van der Waals surface area contributed by atoms with E-state index in [-0.39, 0.29) is 11.9 Å². The zero-order valence-electron chi connectivity index (χ0n) is 19.7.